The van der Waals surface area contributed by atoms with Crippen LogP contribution in [0.5, 0.6) is 0 Å². The first-order chi connectivity index (χ1) is 15.3. The summed E-state index contributed by atoms with van der Waals surface area (Å²) < 4.78 is 0. The van der Waals surface area contributed by atoms with Crippen molar-refractivity contribution in [3.63, 3.8) is 0 Å². The summed E-state index contributed by atoms with van der Waals surface area (Å²) in [5.41, 5.74) is 4.57. The van der Waals surface area contributed by atoms with E-state index in [0.717, 1.165) is 22.1 Å². The van der Waals surface area contributed by atoms with E-state index in [1.807, 2.05) is 38.0 Å². The molecule has 0 aromatic heterocycles. The molecule has 1 atom stereocenters. The largest absolute Gasteiger partial charge is 0.356 e. The highest BCUT2D eigenvalue weighted by Crippen LogP contribution is 2.45. The Morgan fingerprint density at radius 2 is 1.81 bits per heavy atom. The van der Waals surface area contributed by atoms with Gasteiger partial charge in [0.2, 0.25) is 5.91 Å². The molecule has 0 bridgehead atoms. The highest BCUT2D eigenvalue weighted by atomic mass is 32.2. The molecule has 32 heavy (non-hydrogen) atoms. The molecule has 1 N–H and O–H groups in total. The molecule has 1 aromatic carbocycles. The molecule has 7 heteroatoms. The highest BCUT2D eigenvalue weighted by molar-refractivity contribution is 8.16. The second kappa shape index (κ2) is 10.4. The maximum Gasteiger partial charge on any atom is 0.254 e. The van der Waals surface area contributed by atoms with Gasteiger partial charge < -0.3 is 15.1 Å². The number of fused-ring (bicyclic) bond motifs is 1. The fourth-order valence-corrected chi connectivity index (χ4v) is 5.09. The SMILES string of the molecule is CCNC(=O)CC1=CSC2=NC(C)=C(C(=O)N(CC)CC)C(c3ccc(C(C)C)cc3)N12. The van der Waals surface area contributed by atoms with Gasteiger partial charge in [0.15, 0.2) is 5.17 Å². The van der Waals surface area contributed by atoms with Gasteiger partial charge in [-0.3, -0.25) is 9.59 Å². The third-order valence-corrected chi connectivity index (χ3v) is 6.80. The van der Waals surface area contributed by atoms with Gasteiger partial charge in [0.05, 0.1) is 23.7 Å². The molecule has 2 amide bonds. The number of benzene rings is 1. The van der Waals surface area contributed by atoms with Crippen molar-refractivity contribution >= 4 is 28.7 Å². The average Bonchev–Trinajstić information content (AvgIpc) is 3.15. The standard InChI is InChI=1S/C25H34N4O2S/c1-7-26-21(30)14-20-15-32-25-27-17(6)22(24(31)28(8-2)9-3)23(29(20)25)19-12-10-18(11-13-19)16(4)5/h10-13,15-16,23H,7-9,14H2,1-6H3,(H,26,30). The molecule has 1 unspecified atom stereocenters. The Balaban J connectivity index is 2.09. The van der Waals surface area contributed by atoms with E-state index < -0.39 is 0 Å². The van der Waals surface area contributed by atoms with E-state index in [9.17, 15) is 9.59 Å². The van der Waals surface area contributed by atoms with Gasteiger partial charge in [0.25, 0.3) is 5.91 Å². The van der Waals surface area contributed by atoms with Gasteiger partial charge in [0, 0.05) is 25.3 Å². The topological polar surface area (TPSA) is 65.0 Å². The molecule has 2 heterocycles. The quantitative estimate of drug-likeness (QED) is 0.614. The van der Waals surface area contributed by atoms with Crippen molar-refractivity contribution in [2.24, 2.45) is 4.99 Å². The minimum atomic E-state index is -0.313. The van der Waals surface area contributed by atoms with Gasteiger partial charge in [0.1, 0.15) is 0 Å². The van der Waals surface area contributed by atoms with Gasteiger partial charge in [-0.05, 0) is 50.1 Å². The van der Waals surface area contributed by atoms with Crippen molar-refractivity contribution < 1.29 is 9.59 Å². The summed E-state index contributed by atoms with van der Waals surface area (Å²) in [6.45, 7) is 14.0. The van der Waals surface area contributed by atoms with Gasteiger partial charge in [-0.15, -0.1) is 0 Å². The number of thioether (sulfide) groups is 1. The van der Waals surface area contributed by atoms with Crippen LogP contribution in [0.2, 0.25) is 0 Å². The minimum Gasteiger partial charge on any atom is -0.356 e. The predicted octanol–water partition coefficient (Wildman–Crippen LogP) is 4.78. The van der Waals surface area contributed by atoms with Crippen LogP contribution in [0.3, 0.4) is 0 Å². The lowest BCUT2D eigenvalue weighted by Crippen LogP contribution is -2.42. The van der Waals surface area contributed by atoms with Crippen molar-refractivity contribution in [1.82, 2.24) is 15.1 Å². The summed E-state index contributed by atoms with van der Waals surface area (Å²) in [6.07, 6.45) is 0.256. The summed E-state index contributed by atoms with van der Waals surface area (Å²) in [5, 5.41) is 5.68. The van der Waals surface area contributed by atoms with E-state index in [1.54, 1.807) is 0 Å². The lowest BCUT2D eigenvalue weighted by atomic mass is 9.91. The molecular formula is C25H34N4O2S. The van der Waals surface area contributed by atoms with Crippen LogP contribution in [0.25, 0.3) is 0 Å². The Morgan fingerprint density at radius 1 is 1.16 bits per heavy atom. The fraction of sp³-hybridized carbons (Fsp3) is 0.480. The van der Waals surface area contributed by atoms with Crippen LogP contribution in [-0.4, -0.2) is 46.4 Å². The van der Waals surface area contributed by atoms with E-state index in [-0.39, 0.29) is 24.3 Å². The molecule has 0 spiro atoms. The monoisotopic (exact) mass is 454 g/mol. The van der Waals surface area contributed by atoms with Gasteiger partial charge in [-0.2, -0.15) is 0 Å². The lowest BCUT2D eigenvalue weighted by Gasteiger charge is -2.38. The van der Waals surface area contributed by atoms with Crippen LogP contribution in [0.4, 0.5) is 0 Å². The highest BCUT2D eigenvalue weighted by Gasteiger charge is 2.41. The van der Waals surface area contributed by atoms with Crippen LogP contribution in [0.15, 0.2) is 51.6 Å². The molecule has 3 rings (SSSR count). The maximum atomic E-state index is 13.6. The first-order valence-corrected chi connectivity index (χ1v) is 12.3. The number of allylic oxidation sites excluding steroid dienone is 1. The number of amidine groups is 1. The van der Waals surface area contributed by atoms with Crippen LogP contribution in [0.1, 0.15) is 71.0 Å². The maximum absolute atomic E-state index is 13.6. The van der Waals surface area contributed by atoms with Crippen molar-refractivity contribution in [3.8, 4) is 0 Å². The first-order valence-electron chi connectivity index (χ1n) is 11.4. The summed E-state index contributed by atoms with van der Waals surface area (Å²) >= 11 is 1.51. The molecule has 0 fully saturated rings. The molecule has 0 saturated carbocycles. The number of carbonyl (C=O) groups excluding carboxylic acids is 2. The number of hydrogen-bond acceptors (Lipinski definition) is 5. The number of nitrogens with one attached hydrogen (secondary N) is 1. The molecule has 1 aromatic rings. The normalized spacial score (nSPS) is 17.8. The number of carbonyl (C=O) groups is 2. The van der Waals surface area contributed by atoms with Crippen LogP contribution < -0.4 is 5.32 Å². The van der Waals surface area contributed by atoms with Crippen molar-refractivity contribution in [2.75, 3.05) is 19.6 Å². The first kappa shape index (κ1) is 24.1. The second-order valence-corrected chi connectivity index (χ2v) is 9.16. The van der Waals surface area contributed by atoms with E-state index in [0.29, 0.717) is 31.1 Å². The van der Waals surface area contributed by atoms with E-state index in [1.165, 1.54) is 17.3 Å². The Hall–Kier alpha value is -2.54. The number of aliphatic imine (C=N–C) groups is 1. The van der Waals surface area contributed by atoms with E-state index >= 15 is 0 Å². The molecule has 2 aliphatic heterocycles. The van der Waals surface area contributed by atoms with Crippen molar-refractivity contribution in [1.29, 1.82) is 0 Å². The minimum absolute atomic E-state index is 0.00231. The van der Waals surface area contributed by atoms with Crippen molar-refractivity contribution in [3.05, 3.63) is 57.8 Å². The number of hydrogen-bond donors (Lipinski definition) is 1. The Kier molecular flexibility index (Phi) is 7.82. The predicted molar refractivity (Wildman–Crippen MR) is 132 cm³/mol. The fourth-order valence-electron chi connectivity index (χ4n) is 4.13. The third-order valence-electron chi connectivity index (χ3n) is 5.92. The summed E-state index contributed by atoms with van der Waals surface area (Å²) in [5.74, 6) is 0.400. The summed E-state index contributed by atoms with van der Waals surface area (Å²) in [4.78, 5) is 34.7. The summed E-state index contributed by atoms with van der Waals surface area (Å²) in [7, 11) is 0. The molecular weight excluding hydrogens is 420 g/mol. The second-order valence-electron chi connectivity index (χ2n) is 8.32. The number of likely N-dealkylation sites (N-methyl/N-ethyl adjacent to an activating group) is 1. The Morgan fingerprint density at radius 3 is 2.38 bits per heavy atom. The molecule has 172 valence electrons. The van der Waals surface area contributed by atoms with Gasteiger partial charge >= 0.3 is 0 Å². The zero-order chi connectivity index (χ0) is 23.4. The molecule has 2 aliphatic rings. The number of amides is 2. The number of rotatable bonds is 8. The van der Waals surface area contributed by atoms with Gasteiger partial charge in [-0.1, -0.05) is 49.9 Å². The molecule has 0 radical (unpaired) electrons. The zero-order valence-corrected chi connectivity index (χ0v) is 20.8. The van der Waals surface area contributed by atoms with Crippen LogP contribution in [-0.2, 0) is 9.59 Å². The van der Waals surface area contributed by atoms with E-state index in [2.05, 4.69) is 48.3 Å². The van der Waals surface area contributed by atoms with E-state index in [4.69, 9.17) is 4.99 Å². The Bertz CT molecular complexity index is 959. The van der Waals surface area contributed by atoms with Crippen LogP contribution >= 0.6 is 11.8 Å². The van der Waals surface area contributed by atoms with Crippen molar-refractivity contribution in [2.45, 2.75) is 59.9 Å². The van der Waals surface area contributed by atoms with Gasteiger partial charge in [-0.25, -0.2) is 4.99 Å². The Labute approximate surface area is 195 Å². The van der Waals surface area contributed by atoms with Crippen LogP contribution in [0, 0.1) is 0 Å². The lowest BCUT2D eigenvalue weighted by molar-refractivity contribution is -0.127. The summed E-state index contributed by atoms with van der Waals surface area (Å²) in [6, 6.07) is 8.18. The molecule has 0 saturated heterocycles. The number of nitrogens with zero attached hydrogens (tertiary/aromatic N) is 3. The average molecular weight is 455 g/mol. The third kappa shape index (κ3) is 4.77. The zero-order valence-electron chi connectivity index (χ0n) is 19.9. The smallest absolute Gasteiger partial charge is 0.254 e. The molecule has 0 aliphatic carbocycles. The molecule has 6 nitrogen and oxygen atoms in total.